The smallest absolute Gasteiger partial charge is 0.341 e. The fraction of sp³-hybridized carbons (Fsp3) is 0.0526. The molecule has 1 N–H and O–H groups in total. The zero-order chi connectivity index (χ0) is 16.2. The van der Waals surface area contributed by atoms with E-state index in [1.54, 1.807) is 6.07 Å². The Morgan fingerprint density at radius 2 is 1.48 bits per heavy atom. The molecule has 0 saturated carbocycles. The van der Waals surface area contributed by atoms with Crippen LogP contribution >= 0.6 is 0 Å². The molecule has 3 rings (SSSR count). The third-order valence-corrected chi connectivity index (χ3v) is 3.66. The maximum absolute atomic E-state index is 12.6. The van der Waals surface area contributed by atoms with Crippen molar-refractivity contribution in [3.05, 3.63) is 94.3 Å². The van der Waals surface area contributed by atoms with Crippen molar-refractivity contribution in [1.29, 1.82) is 0 Å². The molecule has 0 aliphatic heterocycles. The van der Waals surface area contributed by atoms with Crippen LogP contribution in [0.3, 0.4) is 0 Å². The SMILES string of the molecule is O=C(O)c1ccc(-c2ccccc2)n(Cc2ccccc2)c1=O. The van der Waals surface area contributed by atoms with E-state index in [0.717, 1.165) is 11.1 Å². The van der Waals surface area contributed by atoms with E-state index in [1.807, 2.05) is 60.7 Å². The van der Waals surface area contributed by atoms with Gasteiger partial charge in [0.2, 0.25) is 0 Å². The summed E-state index contributed by atoms with van der Waals surface area (Å²) >= 11 is 0. The molecule has 2 aromatic carbocycles. The fourth-order valence-corrected chi connectivity index (χ4v) is 2.53. The molecule has 4 heteroatoms. The van der Waals surface area contributed by atoms with E-state index in [-0.39, 0.29) is 5.56 Å². The number of benzene rings is 2. The monoisotopic (exact) mass is 305 g/mol. The summed E-state index contributed by atoms with van der Waals surface area (Å²) in [5.74, 6) is -1.21. The number of carbonyl (C=O) groups is 1. The largest absolute Gasteiger partial charge is 0.477 e. The summed E-state index contributed by atoms with van der Waals surface area (Å²) in [6.07, 6.45) is 0. The van der Waals surface area contributed by atoms with Gasteiger partial charge in [0, 0.05) is 0 Å². The van der Waals surface area contributed by atoms with E-state index >= 15 is 0 Å². The predicted octanol–water partition coefficient (Wildman–Crippen LogP) is 3.26. The number of aromatic nitrogens is 1. The Kier molecular flexibility index (Phi) is 4.06. The van der Waals surface area contributed by atoms with Gasteiger partial charge in [-0.1, -0.05) is 60.7 Å². The van der Waals surface area contributed by atoms with Crippen molar-refractivity contribution in [2.45, 2.75) is 6.54 Å². The molecular formula is C19H15NO3. The highest BCUT2D eigenvalue weighted by Gasteiger charge is 2.15. The van der Waals surface area contributed by atoms with Crippen LogP contribution < -0.4 is 5.56 Å². The van der Waals surface area contributed by atoms with Crippen LogP contribution in [0.4, 0.5) is 0 Å². The van der Waals surface area contributed by atoms with Crippen LogP contribution in [-0.2, 0) is 6.54 Å². The van der Waals surface area contributed by atoms with Crippen LogP contribution in [0, 0.1) is 0 Å². The van der Waals surface area contributed by atoms with Gasteiger partial charge in [-0.2, -0.15) is 0 Å². The van der Waals surface area contributed by atoms with Crippen LogP contribution in [-0.4, -0.2) is 15.6 Å². The highest BCUT2D eigenvalue weighted by Crippen LogP contribution is 2.19. The third-order valence-electron chi connectivity index (χ3n) is 3.66. The second-order valence-corrected chi connectivity index (χ2v) is 5.18. The second-order valence-electron chi connectivity index (χ2n) is 5.18. The van der Waals surface area contributed by atoms with E-state index in [0.29, 0.717) is 12.2 Å². The number of carboxylic acid groups (broad SMARTS) is 1. The number of hydrogen-bond acceptors (Lipinski definition) is 2. The van der Waals surface area contributed by atoms with E-state index in [2.05, 4.69) is 0 Å². The number of hydrogen-bond donors (Lipinski definition) is 1. The molecule has 114 valence electrons. The summed E-state index contributed by atoms with van der Waals surface area (Å²) < 4.78 is 1.51. The normalized spacial score (nSPS) is 10.4. The van der Waals surface area contributed by atoms with Crippen molar-refractivity contribution in [1.82, 2.24) is 4.57 Å². The summed E-state index contributed by atoms with van der Waals surface area (Å²) in [6, 6.07) is 22.0. The molecule has 4 nitrogen and oxygen atoms in total. The molecule has 0 spiro atoms. The van der Waals surface area contributed by atoms with Crippen molar-refractivity contribution in [3.8, 4) is 11.3 Å². The lowest BCUT2D eigenvalue weighted by atomic mass is 10.1. The quantitative estimate of drug-likeness (QED) is 0.805. The van der Waals surface area contributed by atoms with Gasteiger partial charge in [-0.25, -0.2) is 4.79 Å². The lowest BCUT2D eigenvalue weighted by molar-refractivity contribution is 0.0694. The van der Waals surface area contributed by atoms with Crippen LogP contribution in [0.1, 0.15) is 15.9 Å². The van der Waals surface area contributed by atoms with Gasteiger partial charge in [0.25, 0.3) is 5.56 Å². The van der Waals surface area contributed by atoms with Crippen LogP contribution in [0.5, 0.6) is 0 Å². The average Bonchev–Trinajstić information content (AvgIpc) is 2.58. The maximum Gasteiger partial charge on any atom is 0.341 e. The molecule has 3 aromatic rings. The Bertz CT molecular complexity index is 883. The molecule has 0 radical (unpaired) electrons. The number of aromatic carboxylic acids is 1. The standard InChI is InChI=1S/C19H15NO3/c21-18-16(19(22)23)11-12-17(15-9-5-2-6-10-15)20(18)13-14-7-3-1-4-8-14/h1-12H,13H2,(H,22,23). The fourth-order valence-electron chi connectivity index (χ4n) is 2.53. The van der Waals surface area contributed by atoms with E-state index < -0.39 is 11.5 Å². The maximum atomic E-state index is 12.6. The minimum atomic E-state index is -1.21. The molecule has 0 aliphatic carbocycles. The number of carboxylic acids is 1. The summed E-state index contributed by atoms with van der Waals surface area (Å²) in [6.45, 7) is 0.324. The van der Waals surface area contributed by atoms with E-state index in [1.165, 1.54) is 10.6 Å². The van der Waals surface area contributed by atoms with Crippen LogP contribution in [0.15, 0.2) is 77.6 Å². The van der Waals surface area contributed by atoms with Crippen molar-refractivity contribution >= 4 is 5.97 Å². The van der Waals surface area contributed by atoms with Gasteiger partial charge in [0.15, 0.2) is 0 Å². The Labute approximate surface area is 133 Å². The number of pyridine rings is 1. The first-order chi connectivity index (χ1) is 11.2. The van der Waals surface area contributed by atoms with Crippen LogP contribution in [0.25, 0.3) is 11.3 Å². The first-order valence-electron chi connectivity index (χ1n) is 7.23. The molecule has 0 atom stereocenters. The number of rotatable bonds is 4. The molecule has 0 bridgehead atoms. The highest BCUT2D eigenvalue weighted by atomic mass is 16.4. The summed E-state index contributed by atoms with van der Waals surface area (Å²) in [5, 5.41) is 9.20. The summed E-state index contributed by atoms with van der Waals surface area (Å²) in [5.41, 5.74) is 1.79. The van der Waals surface area contributed by atoms with Crippen molar-refractivity contribution in [3.63, 3.8) is 0 Å². The van der Waals surface area contributed by atoms with Gasteiger partial charge >= 0.3 is 5.97 Å². The molecule has 0 amide bonds. The zero-order valence-corrected chi connectivity index (χ0v) is 12.3. The van der Waals surface area contributed by atoms with Gasteiger partial charge < -0.3 is 9.67 Å². The van der Waals surface area contributed by atoms with Gasteiger partial charge in [0.05, 0.1) is 12.2 Å². The first kappa shape index (κ1) is 14.8. The second kappa shape index (κ2) is 6.32. The van der Waals surface area contributed by atoms with Crippen LogP contribution in [0.2, 0.25) is 0 Å². The molecule has 1 aromatic heterocycles. The lowest BCUT2D eigenvalue weighted by Gasteiger charge is -2.14. The molecule has 0 saturated heterocycles. The zero-order valence-electron chi connectivity index (χ0n) is 12.3. The lowest BCUT2D eigenvalue weighted by Crippen LogP contribution is -2.27. The van der Waals surface area contributed by atoms with Crippen molar-refractivity contribution in [2.75, 3.05) is 0 Å². The van der Waals surface area contributed by atoms with Gasteiger partial charge in [-0.05, 0) is 23.3 Å². The average molecular weight is 305 g/mol. The molecule has 0 unspecified atom stereocenters. The topological polar surface area (TPSA) is 59.3 Å². The Morgan fingerprint density at radius 1 is 0.870 bits per heavy atom. The molecule has 23 heavy (non-hydrogen) atoms. The van der Waals surface area contributed by atoms with E-state index in [4.69, 9.17) is 0 Å². The van der Waals surface area contributed by atoms with Gasteiger partial charge in [-0.15, -0.1) is 0 Å². The first-order valence-corrected chi connectivity index (χ1v) is 7.23. The Hall–Kier alpha value is -3.14. The molecule has 0 aliphatic rings. The summed E-state index contributed by atoms with van der Waals surface area (Å²) in [4.78, 5) is 23.9. The van der Waals surface area contributed by atoms with Gasteiger partial charge in [-0.3, -0.25) is 4.79 Å². The van der Waals surface area contributed by atoms with Gasteiger partial charge in [0.1, 0.15) is 5.56 Å². The molecular weight excluding hydrogens is 290 g/mol. The predicted molar refractivity (Wildman–Crippen MR) is 88.6 cm³/mol. The minimum absolute atomic E-state index is 0.222. The Balaban J connectivity index is 2.18. The Morgan fingerprint density at radius 3 is 2.09 bits per heavy atom. The minimum Gasteiger partial charge on any atom is -0.477 e. The summed E-state index contributed by atoms with van der Waals surface area (Å²) in [7, 11) is 0. The highest BCUT2D eigenvalue weighted by molar-refractivity contribution is 5.87. The van der Waals surface area contributed by atoms with E-state index in [9.17, 15) is 14.7 Å². The molecule has 0 fully saturated rings. The third kappa shape index (κ3) is 3.06. The molecule has 1 heterocycles. The van der Waals surface area contributed by atoms with Crippen molar-refractivity contribution in [2.24, 2.45) is 0 Å². The number of nitrogens with zero attached hydrogens (tertiary/aromatic N) is 1. The van der Waals surface area contributed by atoms with Crippen molar-refractivity contribution < 1.29 is 9.90 Å².